The molecule has 2 nitrogen and oxygen atoms in total. The Morgan fingerprint density at radius 2 is 2.27 bits per heavy atom. The average Bonchev–Trinajstić information content (AvgIpc) is 2.22. The normalized spacial score (nSPS) is 27.9. The zero-order valence-electron chi connectivity index (χ0n) is 8.86. The average molecular weight is 209 g/mol. The van der Waals surface area contributed by atoms with Crippen LogP contribution in [-0.4, -0.2) is 29.8 Å². The third-order valence-corrected chi connectivity index (χ3v) is 3.06. The van der Waals surface area contributed by atoms with Crippen LogP contribution in [0.3, 0.4) is 0 Å². The van der Waals surface area contributed by atoms with Gasteiger partial charge in [-0.25, -0.2) is 4.39 Å². The fourth-order valence-electron chi connectivity index (χ4n) is 2.16. The van der Waals surface area contributed by atoms with Crippen molar-refractivity contribution in [3.05, 3.63) is 29.8 Å². The largest absolute Gasteiger partial charge is 0.508 e. The summed E-state index contributed by atoms with van der Waals surface area (Å²) >= 11 is 0. The van der Waals surface area contributed by atoms with E-state index >= 15 is 0 Å². The van der Waals surface area contributed by atoms with Crippen LogP contribution in [0.15, 0.2) is 24.3 Å². The molecule has 0 spiro atoms. The highest BCUT2D eigenvalue weighted by Crippen LogP contribution is 2.32. The lowest BCUT2D eigenvalue weighted by atomic mass is 9.94. The lowest BCUT2D eigenvalue weighted by Crippen LogP contribution is -2.34. The number of hydrogen-bond acceptors (Lipinski definition) is 2. The van der Waals surface area contributed by atoms with Gasteiger partial charge in [0.2, 0.25) is 0 Å². The van der Waals surface area contributed by atoms with Gasteiger partial charge in [-0.2, -0.15) is 0 Å². The number of phenolic OH excluding ortho intramolecular Hbond substituents is 1. The number of hydrogen-bond donors (Lipinski definition) is 1. The number of piperidine rings is 1. The molecule has 1 fully saturated rings. The molecule has 1 N–H and O–H groups in total. The van der Waals surface area contributed by atoms with Crippen LogP contribution in [0.4, 0.5) is 4.39 Å². The molecule has 0 amide bonds. The topological polar surface area (TPSA) is 23.5 Å². The highest BCUT2D eigenvalue weighted by atomic mass is 19.1. The van der Waals surface area contributed by atoms with Gasteiger partial charge in [-0.05, 0) is 37.6 Å². The van der Waals surface area contributed by atoms with Gasteiger partial charge in [-0.15, -0.1) is 0 Å². The molecular formula is C12H16FNO. The second-order valence-corrected chi connectivity index (χ2v) is 4.21. The molecule has 3 heteroatoms. The van der Waals surface area contributed by atoms with Crippen molar-refractivity contribution in [1.29, 1.82) is 0 Å². The Morgan fingerprint density at radius 1 is 1.47 bits per heavy atom. The monoisotopic (exact) mass is 209 g/mol. The van der Waals surface area contributed by atoms with Crippen LogP contribution in [0, 0.1) is 0 Å². The second-order valence-electron chi connectivity index (χ2n) is 4.21. The first-order valence-corrected chi connectivity index (χ1v) is 5.30. The summed E-state index contributed by atoms with van der Waals surface area (Å²) < 4.78 is 13.3. The van der Waals surface area contributed by atoms with Gasteiger partial charge in [0.15, 0.2) is 0 Å². The number of phenols is 1. The molecular weight excluding hydrogens is 193 g/mol. The smallest absolute Gasteiger partial charge is 0.115 e. The number of alkyl halides is 1. The van der Waals surface area contributed by atoms with E-state index in [4.69, 9.17) is 0 Å². The minimum atomic E-state index is -0.714. The molecule has 0 radical (unpaired) electrons. The van der Waals surface area contributed by atoms with Crippen molar-refractivity contribution >= 4 is 0 Å². The summed E-state index contributed by atoms with van der Waals surface area (Å²) in [5.74, 6) is 0.252. The zero-order chi connectivity index (χ0) is 10.8. The Balaban J connectivity index is 2.21. The Hall–Kier alpha value is -1.09. The van der Waals surface area contributed by atoms with E-state index in [-0.39, 0.29) is 11.8 Å². The van der Waals surface area contributed by atoms with E-state index in [2.05, 4.69) is 4.90 Å². The summed E-state index contributed by atoms with van der Waals surface area (Å²) in [6.07, 6.45) is 0.430. The van der Waals surface area contributed by atoms with Crippen molar-refractivity contribution in [2.75, 3.05) is 13.6 Å². The molecule has 1 aliphatic heterocycles. The summed E-state index contributed by atoms with van der Waals surface area (Å²) in [5, 5.41) is 9.38. The fourth-order valence-corrected chi connectivity index (χ4v) is 2.16. The third kappa shape index (κ3) is 2.29. The lowest BCUT2D eigenvalue weighted by Gasteiger charge is -2.34. The van der Waals surface area contributed by atoms with Crippen LogP contribution in [0.2, 0.25) is 0 Å². The zero-order valence-corrected chi connectivity index (χ0v) is 8.86. The SMILES string of the molecule is CN1CCC(F)CC1c1cccc(O)c1. The second kappa shape index (κ2) is 4.19. The maximum absolute atomic E-state index is 13.3. The van der Waals surface area contributed by atoms with Gasteiger partial charge in [0.05, 0.1) is 0 Å². The Labute approximate surface area is 89.3 Å². The van der Waals surface area contributed by atoms with Crippen LogP contribution in [-0.2, 0) is 0 Å². The Bertz CT molecular complexity index is 342. The standard InChI is InChI=1S/C12H16FNO/c1-14-6-5-10(13)8-12(14)9-3-2-4-11(15)7-9/h2-4,7,10,12,15H,5-6,8H2,1H3. The maximum Gasteiger partial charge on any atom is 0.115 e. The van der Waals surface area contributed by atoms with E-state index < -0.39 is 6.17 Å². The van der Waals surface area contributed by atoms with E-state index in [9.17, 15) is 9.50 Å². The number of likely N-dealkylation sites (tertiary alicyclic amines) is 1. The van der Waals surface area contributed by atoms with Crippen molar-refractivity contribution in [2.24, 2.45) is 0 Å². The van der Waals surface area contributed by atoms with E-state index in [1.54, 1.807) is 18.2 Å². The molecule has 1 heterocycles. The highest BCUT2D eigenvalue weighted by molar-refractivity contribution is 5.29. The van der Waals surface area contributed by atoms with Crippen LogP contribution in [0.1, 0.15) is 24.4 Å². The van der Waals surface area contributed by atoms with Crippen molar-refractivity contribution in [3.63, 3.8) is 0 Å². The van der Waals surface area contributed by atoms with Crippen LogP contribution >= 0.6 is 0 Å². The van der Waals surface area contributed by atoms with Crippen molar-refractivity contribution in [3.8, 4) is 5.75 Å². The van der Waals surface area contributed by atoms with Gasteiger partial charge >= 0.3 is 0 Å². The van der Waals surface area contributed by atoms with Crippen LogP contribution < -0.4 is 0 Å². The number of halogens is 1. The number of rotatable bonds is 1. The predicted molar refractivity (Wildman–Crippen MR) is 57.6 cm³/mol. The first-order valence-electron chi connectivity index (χ1n) is 5.30. The number of benzene rings is 1. The highest BCUT2D eigenvalue weighted by Gasteiger charge is 2.26. The lowest BCUT2D eigenvalue weighted by molar-refractivity contribution is 0.114. The van der Waals surface area contributed by atoms with Crippen molar-refractivity contribution < 1.29 is 9.50 Å². The van der Waals surface area contributed by atoms with Gasteiger partial charge in [0.25, 0.3) is 0 Å². The van der Waals surface area contributed by atoms with E-state index in [1.165, 1.54) is 0 Å². The molecule has 2 rings (SSSR count). The van der Waals surface area contributed by atoms with E-state index in [0.717, 1.165) is 12.1 Å². The number of aromatic hydroxyl groups is 1. The molecule has 0 bridgehead atoms. The third-order valence-electron chi connectivity index (χ3n) is 3.06. The van der Waals surface area contributed by atoms with E-state index in [1.807, 2.05) is 13.1 Å². The predicted octanol–water partition coefficient (Wildman–Crippen LogP) is 2.50. The Morgan fingerprint density at radius 3 is 3.00 bits per heavy atom. The van der Waals surface area contributed by atoms with Crippen molar-refractivity contribution in [1.82, 2.24) is 4.90 Å². The Kier molecular flexibility index (Phi) is 2.91. The molecule has 0 aliphatic carbocycles. The van der Waals surface area contributed by atoms with E-state index in [0.29, 0.717) is 12.8 Å². The molecule has 1 aromatic rings. The molecule has 1 saturated heterocycles. The molecule has 1 aliphatic rings. The molecule has 2 atom stereocenters. The quantitative estimate of drug-likeness (QED) is 0.768. The molecule has 1 aromatic carbocycles. The first kappa shape index (κ1) is 10.4. The minimum absolute atomic E-state index is 0.0980. The van der Waals surface area contributed by atoms with Gasteiger partial charge in [0, 0.05) is 12.6 Å². The maximum atomic E-state index is 13.3. The first-order chi connectivity index (χ1) is 7.16. The molecule has 15 heavy (non-hydrogen) atoms. The van der Waals surface area contributed by atoms with Crippen molar-refractivity contribution in [2.45, 2.75) is 25.1 Å². The summed E-state index contributed by atoms with van der Waals surface area (Å²) in [5.41, 5.74) is 1.000. The van der Waals surface area contributed by atoms with Gasteiger partial charge in [0.1, 0.15) is 11.9 Å². The van der Waals surface area contributed by atoms with Crippen LogP contribution in [0.5, 0.6) is 5.75 Å². The fraction of sp³-hybridized carbons (Fsp3) is 0.500. The molecule has 0 saturated carbocycles. The molecule has 2 unspecified atom stereocenters. The summed E-state index contributed by atoms with van der Waals surface area (Å²) in [6, 6.07) is 7.21. The minimum Gasteiger partial charge on any atom is -0.508 e. The molecule has 0 aromatic heterocycles. The van der Waals surface area contributed by atoms with Gasteiger partial charge < -0.3 is 5.11 Å². The van der Waals surface area contributed by atoms with Gasteiger partial charge in [-0.1, -0.05) is 12.1 Å². The van der Waals surface area contributed by atoms with Gasteiger partial charge in [-0.3, -0.25) is 4.90 Å². The van der Waals surface area contributed by atoms with Crippen LogP contribution in [0.25, 0.3) is 0 Å². The summed E-state index contributed by atoms with van der Waals surface area (Å²) in [4.78, 5) is 2.14. The summed E-state index contributed by atoms with van der Waals surface area (Å²) in [6.45, 7) is 0.779. The summed E-state index contributed by atoms with van der Waals surface area (Å²) in [7, 11) is 2.00. The molecule has 82 valence electrons. The number of nitrogens with zero attached hydrogens (tertiary/aromatic N) is 1.